The maximum absolute atomic E-state index is 12.6. The van der Waals surface area contributed by atoms with Crippen molar-refractivity contribution in [2.75, 3.05) is 19.7 Å². The largest absolute Gasteiger partial charge is 0.493 e. The van der Waals surface area contributed by atoms with Crippen LogP contribution in [0, 0.1) is 0 Å². The Hall–Kier alpha value is -2.30. The standard InChI is InChI=1S/C18H21N3O2/c22-17(11-13-3-4-16-14(10-13)5-9-23-16)21-8-1-2-15(12-21)18-19-6-7-20-18/h3-4,6-7,10,15H,1-2,5,8-9,11-12H2,(H,19,20). The maximum Gasteiger partial charge on any atom is 0.227 e. The molecule has 0 spiro atoms. The number of hydrogen-bond donors (Lipinski definition) is 1. The van der Waals surface area contributed by atoms with Gasteiger partial charge >= 0.3 is 0 Å². The number of aromatic amines is 1. The van der Waals surface area contributed by atoms with E-state index in [9.17, 15) is 4.79 Å². The molecular formula is C18H21N3O2. The first-order valence-electron chi connectivity index (χ1n) is 8.31. The van der Waals surface area contributed by atoms with Crippen LogP contribution in [0.3, 0.4) is 0 Å². The average molecular weight is 311 g/mol. The zero-order chi connectivity index (χ0) is 15.6. The zero-order valence-corrected chi connectivity index (χ0v) is 13.1. The smallest absolute Gasteiger partial charge is 0.227 e. The summed E-state index contributed by atoms with van der Waals surface area (Å²) in [7, 11) is 0. The van der Waals surface area contributed by atoms with E-state index in [1.165, 1.54) is 5.56 Å². The molecule has 1 fully saturated rings. The number of H-pyrrole nitrogens is 1. The Morgan fingerprint density at radius 2 is 2.39 bits per heavy atom. The highest BCUT2D eigenvalue weighted by atomic mass is 16.5. The van der Waals surface area contributed by atoms with Crippen LogP contribution in [0.4, 0.5) is 0 Å². The maximum atomic E-state index is 12.6. The van der Waals surface area contributed by atoms with E-state index in [0.717, 1.165) is 56.1 Å². The van der Waals surface area contributed by atoms with E-state index in [1.807, 2.05) is 23.2 Å². The lowest BCUT2D eigenvalue weighted by molar-refractivity contribution is -0.131. The predicted octanol–water partition coefficient (Wildman–Crippen LogP) is 2.29. The molecule has 1 aromatic heterocycles. The second kappa shape index (κ2) is 6.07. The van der Waals surface area contributed by atoms with E-state index in [2.05, 4.69) is 16.0 Å². The molecule has 1 saturated heterocycles. The van der Waals surface area contributed by atoms with Gasteiger partial charge in [-0.05, 0) is 30.0 Å². The Morgan fingerprint density at radius 3 is 3.26 bits per heavy atom. The monoisotopic (exact) mass is 311 g/mol. The average Bonchev–Trinajstić information content (AvgIpc) is 3.26. The number of imidazole rings is 1. The van der Waals surface area contributed by atoms with E-state index in [-0.39, 0.29) is 5.91 Å². The molecule has 3 heterocycles. The number of ether oxygens (including phenoxy) is 1. The van der Waals surface area contributed by atoms with Crippen molar-refractivity contribution in [1.29, 1.82) is 0 Å². The predicted molar refractivity (Wildman–Crippen MR) is 86.5 cm³/mol. The number of rotatable bonds is 3. The van der Waals surface area contributed by atoms with Crippen molar-refractivity contribution in [3.8, 4) is 5.75 Å². The van der Waals surface area contributed by atoms with Gasteiger partial charge in [0.25, 0.3) is 0 Å². The molecule has 1 atom stereocenters. The van der Waals surface area contributed by atoms with Crippen molar-refractivity contribution in [1.82, 2.24) is 14.9 Å². The molecule has 0 radical (unpaired) electrons. The molecule has 1 amide bonds. The number of aromatic nitrogens is 2. The fraction of sp³-hybridized carbons (Fsp3) is 0.444. The SMILES string of the molecule is O=C(Cc1ccc2c(c1)CCO2)N1CCCC(c2ncc[nH]2)C1. The van der Waals surface area contributed by atoms with Crippen LogP contribution in [0.1, 0.15) is 35.7 Å². The van der Waals surface area contributed by atoms with Crippen LogP contribution in [-0.2, 0) is 17.6 Å². The normalized spacial score (nSPS) is 20.2. The van der Waals surface area contributed by atoms with Gasteiger partial charge in [-0.2, -0.15) is 0 Å². The lowest BCUT2D eigenvalue weighted by Crippen LogP contribution is -2.40. The van der Waals surface area contributed by atoms with Gasteiger partial charge in [-0.15, -0.1) is 0 Å². The van der Waals surface area contributed by atoms with Crippen molar-refractivity contribution >= 4 is 5.91 Å². The first kappa shape index (κ1) is 14.3. The molecule has 1 aromatic carbocycles. The summed E-state index contributed by atoms with van der Waals surface area (Å²) in [5, 5.41) is 0. The number of piperidine rings is 1. The second-order valence-corrected chi connectivity index (χ2v) is 6.37. The number of likely N-dealkylation sites (tertiary alicyclic amines) is 1. The van der Waals surface area contributed by atoms with Gasteiger partial charge in [0, 0.05) is 37.8 Å². The van der Waals surface area contributed by atoms with Crippen LogP contribution in [0.2, 0.25) is 0 Å². The molecule has 5 nitrogen and oxygen atoms in total. The molecular weight excluding hydrogens is 290 g/mol. The quantitative estimate of drug-likeness (QED) is 0.946. The Labute approximate surface area is 135 Å². The van der Waals surface area contributed by atoms with Crippen LogP contribution < -0.4 is 4.74 Å². The molecule has 0 saturated carbocycles. The van der Waals surface area contributed by atoms with Gasteiger partial charge in [0.1, 0.15) is 11.6 Å². The topological polar surface area (TPSA) is 58.2 Å². The summed E-state index contributed by atoms with van der Waals surface area (Å²) < 4.78 is 5.52. The molecule has 2 aromatic rings. The van der Waals surface area contributed by atoms with E-state index in [0.29, 0.717) is 12.3 Å². The number of carbonyl (C=O) groups excluding carboxylic acids is 1. The molecule has 2 aliphatic rings. The number of carbonyl (C=O) groups is 1. The minimum Gasteiger partial charge on any atom is -0.493 e. The number of hydrogen-bond acceptors (Lipinski definition) is 3. The molecule has 1 N–H and O–H groups in total. The zero-order valence-electron chi connectivity index (χ0n) is 13.1. The molecule has 2 aliphatic heterocycles. The van der Waals surface area contributed by atoms with Crippen molar-refractivity contribution in [3.05, 3.63) is 47.5 Å². The molecule has 120 valence electrons. The third-order valence-corrected chi connectivity index (χ3v) is 4.79. The van der Waals surface area contributed by atoms with Crippen LogP contribution in [0.5, 0.6) is 5.75 Å². The first-order valence-corrected chi connectivity index (χ1v) is 8.31. The number of nitrogens with one attached hydrogen (secondary N) is 1. The molecule has 0 bridgehead atoms. The van der Waals surface area contributed by atoms with Crippen LogP contribution in [0.25, 0.3) is 0 Å². The summed E-state index contributed by atoms with van der Waals surface area (Å²) in [5.41, 5.74) is 2.31. The van der Waals surface area contributed by atoms with E-state index < -0.39 is 0 Å². The van der Waals surface area contributed by atoms with Crippen molar-refractivity contribution in [2.45, 2.75) is 31.6 Å². The Balaban J connectivity index is 1.42. The lowest BCUT2D eigenvalue weighted by atomic mass is 9.96. The molecule has 1 unspecified atom stereocenters. The molecule has 23 heavy (non-hydrogen) atoms. The second-order valence-electron chi connectivity index (χ2n) is 6.37. The fourth-order valence-corrected chi connectivity index (χ4v) is 3.56. The summed E-state index contributed by atoms with van der Waals surface area (Å²) in [4.78, 5) is 22.2. The number of fused-ring (bicyclic) bond motifs is 1. The summed E-state index contributed by atoms with van der Waals surface area (Å²) in [6.07, 6.45) is 7.17. The summed E-state index contributed by atoms with van der Waals surface area (Å²) in [5.74, 6) is 2.51. The van der Waals surface area contributed by atoms with Crippen LogP contribution in [-0.4, -0.2) is 40.5 Å². The fourth-order valence-electron chi connectivity index (χ4n) is 3.56. The number of benzene rings is 1. The van der Waals surface area contributed by atoms with Gasteiger partial charge in [0.15, 0.2) is 0 Å². The number of amides is 1. The molecule has 4 rings (SSSR count). The highest BCUT2D eigenvalue weighted by Crippen LogP contribution is 2.27. The summed E-state index contributed by atoms with van der Waals surface area (Å²) in [6, 6.07) is 6.12. The first-order chi connectivity index (χ1) is 11.3. The Kier molecular flexibility index (Phi) is 3.77. The van der Waals surface area contributed by atoms with E-state index in [4.69, 9.17) is 4.74 Å². The molecule has 5 heteroatoms. The lowest BCUT2D eigenvalue weighted by Gasteiger charge is -2.32. The van der Waals surface area contributed by atoms with Crippen LogP contribution in [0.15, 0.2) is 30.6 Å². The van der Waals surface area contributed by atoms with Crippen molar-refractivity contribution in [3.63, 3.8) is 0 Å². The summed E-state index contributed by atoms with van der Waals surface area (Å²) in [6.45, 7) is 2.37. The van der Waals surface area contributed by atoms with E-state index >= 15 is 0 Å². The van der Waals surface area contributed by atoms with Gasteiger partial charge in [-0.1, -0.05) is 12.1 Å². The highest BCUT2D eigenvalue weighted by Gasteiger charge is 2.26. The van der Waals surface area contributed by atoms with Crippen molar-refractivity contribution in [2.24, 2.45) is 0 Å². The molecule has 0 aliphatic carbocycles. The minimum absolute atomic E-state index is 0.208. The van der Waals surface area contributed by atoms with Gasteiger partial charge in [0.2, 0.25) is 5.91 Å². The Bertz CT molecular complexity index is 696. The summed E-state index contributed by atoms with van der Waals surface area (Å²) >= 11 is 0. The third kappa shape index (κ3) is 2.96. The third-order valence-electron chi connectivity index (χ3n) is 4.79. The Morgan fingerprint density at radius 1 is 1.43 bits per heavy atom. The van der Waals surface area contributed by atoms with Gasteiger partial charge < -0.3 is 14.6 Å². The van der Waals surface area contributed by atoms with E-state index in [1.54, 1.807) is 6.20 Å². The minimum atomic E-state index is 0.208. The van der Waals surface area contributed by atoms with Crippen LogP contribution >= 0.6 is 0 Å². The van der Waals surface area contributed by atoms with Gasteiger partial charge in [-0.3, -0.25) is 4.79 Å². The van der Waals surface area contributed by atoms with Gasteiger partial charge in [-0.25, -0.2) is 4.98 Å². The van der Waals surface area contributed by atoms with Gasteiger partial charge in [0.05, 0.1) is 13.0 Å². The van der Waals surface area contributed by atoms with Crippen molar-refractivity contribution < 1.29 is 9.53 Å². The highest BCUT2D eigenvalue weighted by molar-refractivity contribution is 5.79. The number of nitrogens with zero attached hydrogens (tertiary/aromatic N) is 2.